The number of amides is 1. The number of hydrogen-bond donors (Lipinski definition) is 1. The van der Waals surface area contributed by atoms with E-state index in [1.54, 1.807) is 0 Å². The average molecular weight is 377 g/mol. The van der Waals surface area contributed by atoms with E-state index in [1.165, 1.54) is 11.1 Å². The lowest BCUT2D eigenvalue weighted by Gasteiger charge is -2.12. The van der Waals surface area contributed by atoms with Crippen LogP contribution in [0.1, 0.15) is 36.5 Å². The fraction of sp³-hybridized carbons (Fsp3) is 0.304. The number of aromatic nitrogens is 2. The monoisotopic (exact) mass is 377 g/mol. The molecule has 1 N–H and O–H groups in total. The Kier molecular flexibility index (Phi) is 6.48. The first-order valence-electron chi connectivity index (χ1n) is 9.62. The van der Waals surface area contributed by atoms with Crippen LogP contribution in [0.25, 0.3) is 5.69 Å². The quantitative estimate of drug-likeness (QED) is 0.644. The Morgan fingerprint density at radius 1 is 1.18 bits per heavy atom. The van der Waals surface area contributed by atoms with Crippen LogP contribution in [0.15, 0.2) is 60.9 Å². The van der Waals surface area contributed by atoms with Crippen LogP contribution in [0.2, 0.25) is 0 Å². The molecule has 2 aromatic carbocycles. The van der Waals surface area contributed by atoms with Gasteiger partial charge >= 0.3 is 0 Å². The smallest absolute Gasteiger partial charge is 0.257 e. The lowest BCUT2D eigenvalue weighted by Crippen LogP contribution is -2.30. The summed E-state index contributed by atoms with van der Waals surface area (Å²) >= 11 is 0. The Morgan fingerprint density at radius 3 is 2.68 bits per heavy atom. The van der Waals surface area contributed by atoms with Crippen LogP contribution < -0.4 is 10.1 Å². The minimum atomic E-state index is -0.124. The number of hydrogen-bond acceptors (Lipinski definition) is 3. The van der Waals surface area contributed by atoms with Gasteiger partial charge in [-0.05, 0) is 60.2 Å². The summed E-state index contributed by atoms with van der Waals surface area (Å²) < 4.78 is 7.46. The molecular weight excluding hydrogens is 350 g/mol. The maximum atomic E-state index is 12.0. The van der Waals surface area contributed by atoms with E-state index in [2.05, 4.69) is 37.3 Å². The molecule has 0 bridgehead atoms. The number of para-hydroxylation sites is 1. The first kappa shape index (κ1) is 19.7. The molecule has 3 aromatic rings. The molecule has 3 rings (SSSR count). The van der Waals surface area contributed by atoms with Gasteiger partial charge in [0.25, 0.3) is 5.91 Å². The van der Waals surface area contributed by atoms with Crippen molar-refractivity contribution in [3.8, 4) is 11.4 Å². The van der Waals surface area contributed by atoms with E-state index in [-0.39, 0.29) is 12.5 Å². The normalized spacial score (nSPS) is 10.9. The van der Waals surface area contributed by atoms with Crippen LogP contribution in [0.5, 0.6) is 5.75 Å². The summed E-state index contributed by atoms with van der Waals surface area (Å²) in [7, 11) is 0. The molecule has 146 valence electrons. The molecule has 0 radical (unpaired) electrons. The van der Waals surface area contributed by atoms with Crippen molar-refractivity contribution in [2.75, 3.05) is 13.2 Å². The third-order valence-electron chi connectivity index (χ3n) is 4.63. The van der Waals surface area contributed by atoms with Gasteiger partial charge in [-0.1, -0.05) is 38.1 Å². The van der Waals surface area contributed by atoms with E-state index >= 15 is 0 Å². The van der Waals surface area contributed by atoms with Crippen LogP contribution in [0.3, 0.4) is 0 Å². The second-order valence-corrected chi connectivity index (χ2v) is 7.19. The average Bonchev–Trinajstić information content (AvgIpc) is 3.16. The highest BCUT2D eigenvalue weighted by atomic mass is 16.5. The Hall–Kier alpha value is -3.08. The number of ether oxygens (including phenoxy) is 1. The molecule has 0 fully saturated rings. The Bertz CT molecular complexity index is 917. The summed E-state index contributed by atoms with van der Waals surface area (Å²) in [6.45, 7) is 6.97. The van der Waals surface area contributed by atoms with Gasteiger partial charge in [-0.2, -0.15) is 5.10 Å². The van der Waals surface area contributed by atoms with Gasteiger partial charge < -0.3 is 10.1 Å². The van der Waals surface area contributed by atoms with Crippen LogP contribution in [-0.4, -0.2) is 28.8 Å². The molecule has 0 aliphatic rings. The van der Waals surface area contributed by atoms with E-state index in [9.17, 15) is 4.79 Å². The maximum absolute atomic E-state index is 12.0. The van der Waals surface area contributed by atoms with Crippen molar-refractivity contribution in [2.24, 2.45) is 0 Å². The van der Waals surface area contributed by atoms with Crippen molar-refractivity contribution in [1.82, 2.24) is 15.1 Å². The zero-order valence-electron chi connectivity index (χ0n) is 16.7. The molecule has 0 spiro atoms. The highest BCUT2D eigenvalue weighted by Crippen LogP contribution is 2.23. The molecule has 1 heterocycles. The highest BCUT2D eigenvalue weighted by molar-refractivity contribution is 5.77. The van der Waals surface area contributed by atoms with Crippen LogP contribution in [-0.2, 0) is 11.2 Å². The Labute approximate surface area is 166 Å². The minimum absolute atomic E-state index is 0.0176. The molecule has 0 saturated heterocycles. The van der Waals surface area contributed by atoms with E-state index < -0.39 is 0 Å². The Balaban J connectivity index is 1.43. The number of aryl methyl sites for hydroxylation is 1. The third kappa shape index (κ3) is 5.22. The molecule has 0 saturated carbocycles. The SMILES string of the molecule is Cc1cc(OCC(=O)NCCc2cnn(-c3ccccc3)c2)ccc1C(C)C. The molecule has 0 aliphatic heterocycles. The van der Waals surface area contributed by atoms with Gasteiger partial charge in [0.15, 0.2) is 6.61 Å². The van der Waals surface area contributed by atoms with Crippen molar-refractivity contribution in [3.63, 3.8) is 0 Å². The first-order chi connectivity index (χ1) is 13.5. The van der Waals surface area contributed by atoms with Crippen LogP contribution in [0.4, 0.5) is 0 Å². The predicted molar refractivity (Wildman–Crippen MR) is 111 cm³/mol. The summed E-state index contributed by atoms with van der Waals surface area (Å²) in [5, 5.41) is 7.26. The van der Waals surface area contributed by atoms with Crippen LogP contribution >= 0.6 is 0 Å². The molecule has 5 nitrogen and oxygen atoms in total. The van der Waals surface area contributed by atoms with Crippen molar-refractivity contribution in [1.29, 1.82) is 0 Å². The largest absolute Gasteiger partial charge is 0.484 e. The molecule has 0 aliphatic carbocycles. The zero-order valence-corrected chi connectivity index (χ0v) is 16.7. The number of carbonyl (C=O) groups is 1. The number of rotatable bonds is 8. The van der Waals surface area contributed by atoms with Gasteiger partial charge in [0, 0.05) is 12.7 Å². The van der Waals surface area contributed by atoms with Gasteiger partial charge in [0.2, 0.25) is 0 Å². The zero-order chi connectivity index (χ0) is 19.9. The number of nitrogens with zero attached hydrogens (tertiary/aromatic N) is 2. The van der Waals surface area contributed by atoms with Gasteiger partial charge in [-0.15, -0.1) is 0 Å². The van der Waals surface area contributed by atoms with Crippen LogP contribution in [0, 0.1) is 6.92 Å². The Morgan fingerprint density at radius 2 is 1.96 bits per heavy atom. The van der Waals surface area contributed by atoms with Gasteiger partial charge in [0.1, 0.15) is 5.75 Å². The number of carbonyl (C=O) groups excluding carboxylic acids is 1. The van der Waals surface area contributed by atoms with E-state index in [0.29, 0.717) is 12.5 Å². The molecular formula is C23H27N3O2. The lowest BCUT2D eigenvalue weighted by molar-refractivity contribution is -0.123. The summed E-state index contributed by atoms with van der Waals surface area (Å²) in [5.74, 6) is 1.07. The summed E-state index contributed by atoms with van der Waals surface area (Å²) in [6, 6.07) is 15.9. The standard InChI is InChI=1S/C23H27N3O2/c1-17(2)22-10-9-21(13-18(22)3)28-16-23(27)24-12-11-19-14-25-26(15-19)20-7-5-4-6-8-20/h4-10,13-15,17H,11-12,16H2,1-3H3,(H,24,27). The van der Waals surface area contributed by atoms with Crippen molar-refractivity contribution in [3.05, 3.63) is 77.6 Å². The van der Waals surface area contributed by atoms with Gasteiger partial charge in [0.05, 0.1) is 11.9 Å². The molecule has 5 heteroatoms. The molecule has 0 unspecified atom stereocenters. The second-order valence-electron chi connectivity index (χ2n) is 7.19. The lowest BCUT2D eigenvalue weighted by atomic mass is 9.98. The van der Waals surface area contributed by atoms with E-state index in [1.807, 2.05) is 59.5 Å². The number of benzene rings is 2. The molecule has 1 aromatic heterocycles. The summed E-state index contributed by atoms with van der Waals surface area (Å²) in [5.41, 5.74) is 4.58. The first-order valence-corrected chi connectivity index (χ1v) is 9.62. The topological polar surface area (TPSA) is 56.1 Å². The van der Waals surface area contributed by atoms with Crippen molar-refractivity contribution < 1.29 is 9.53 Å². The van der Waals surface area contributed by atoms with E-state index in [0.717, 1.165) is 23.4 Å². The summed E-state index contributed by atoms with van der Waals surface area (Å²) in [6.07, 6.45) is 4.53. The number of nitrogens with one attached hydrogen (secondary N) is 1. The maximum Gasteiger partial charge on any atom is 0.257 e. The summed E-state index contributed by atoms with van der Waals surface area (Å²) in [4.78, 5) is 12.0. The molecule has 1 amide bonds. The van der Waals surface area contributed by atoms with Gasteiger partial charge in [-0.25, -0.2) is 4.68 Å². The fourth-order valence-electron chi connectivity index (χ4n) is 3.14. The third-order valence-corrected chi connectivity index (χ3v) is 4.63. The highest BCUT2D eigenvalue weighted by Gasteiger charge is 2.07. The van der Waals surface area contributed by atoms with Gasteiger partial charge in [-0.3, -0.25) is 4.79 Å². The predicted octanol–water partition coefficient (Wildman–Crippen LogP) is 4.04. The van der Waals surface area contributed by atoms with Crippen molar-refractivity contribution in [2.45, 2.75) is 33.1 Å². The fourth-order valence-corrected chi connectivity index (χ4v) is 3.14. The van der Waals surface area contributed by atoms with E-state index in [4.69, 9.17) is 4.74 Å². The molecule has 28 heavy (non-hydrogen) atoms. The van der Waals surface area contributed by atoms with Crippen molar-refractivity contribution >= 4 is 5.91 Å². The molecule has 0 atom stereocenters. The minimum Gasteiger partial charge on any atom is -0.484 e. The second kappa shape index (κ2) is 9.22.